The number of rotatable bonds is 9. The fraction of sp³-hybridized carbons (Fsp3) is 0.562. The highest BCUT2D eigenvalue weighted by atomic mass is 16.5. The molecule has 4 heteroatoms. The molecule has 4 nitrogen and oxygen atoms in total. The van der Waals surface area contributed by atoms with Gasteiger partial charge in [-0.1, -0.05) is 19.9 Å². The third kappa shape index (κ3) is 5.31. The van der Waals surface area contributed by atoms with Gasteiger partial charge in [0.25, 0.3) is 0 Å². The number of Topliss-reactive ketones (excluding diaryl/α,β-unsaturated/α-hetero) is 1. The summed E-state index contributed by atoms with van der Waals surface area (Å²) in [6.45, 7) is 10.1. The Morgan fingerprint density at radius 1 is 1.25 bits per heavy atom. The molecule has 20 heavy (non-hydrogen) atoms. The molecule has 0 saturated heterocycles. The molecule has 0 spiro atoms. The van der Waals surface area contributed by atoms with Crippen molar-refractivity contribution in [3.8, 4) is 5.75 Å². The van der Waals surface area contributed by atoms with E-state index >= 15 is 0 Å². The number of phenolic OH excluding ortho intramolecular Hbond substituents is 1. The van der Waals surface area contributed by atoms with Crippen LogP contribution in [0.1, 0.15) is 36.7 Å². The van der Waals surface area contributed by atoms with E-state index in [1.807, 2.05) is 6.07 Å². The van der Waals surface area contributed by atoms with E-state index in [0.29, 0.717) is 12.2 Å². The third-order valence-corrected chi connectivity index (χ3v) is 3.42. The van der Waals surface area contributed by atoms with Crippen molar-refractivity contribution in [1.29, 1.82) is 0 Å². The lowest BCUT2D eigenvalue weighted by molar-refractivity contribution is 0.101. The number of nitrogens with zero attached hydrogens (tertiary/aromatic N) is 1. The standard InChI is InChI=1S/C16H25NO3/c1-4-17(5-2)9-11-20-10-8-14-6-7-16(19)15(12-14)13(3)18/h6-7,12,19H,4-5,8-11H2,1-3H3. The van der Waals surface area contributed by atoms with Crippen LogP contribution in [-0.2, 0) is 11.2 Å². The van der Waals surface area contributed by atoms with Crippen LogP contribution < -0.4 is 0 Å². The number of ketones is 1. The summed E-state index contributed by atoms with van der Waals surface area (Å²) in [7, 11) is 0. The molecular weight excluding hydrogens is 254 g/mol. The van der Waals surface area contributed by atoms with Gasteiger partial charge in [-0.3, -0.25) is 4.79 Å². The van der Waals surface area contributed by atoms with Crippen LogP contribution in [0.3, 0.4) is 0 Å². The number of carbonyl (C=O) groups is 1. The molecule has 0 aliphatic rings. The molecule has 1 aromatic rings. The first kappa shape index (κ1) is 16.7. The monoisotopic (exact) mass is 279 g/mol. The lowest BCUT2D eigenvalue weighted by Crippen LogP contribution is -2.27. The Hall–Kier alpha value is -1.39. The minimum absolute atomic E-state index is 0.0451. The Labute approximate surface area is 121 Å². The Bertz CT molecular complexity index is 428. The first-order chi connectivity index (χ1) is 9.58. The molecule has 0 unspecified atom stereocenters. The van der Waals surface area contributed by atoms with Crippen LogP contribution in [0.4, 0.5) is 0 Å². The van der Waals surface area contributed by atoms with Crippen LogP contribution in [0.5, 0.6) is 5.75 Å². The molecule has 0 amide bonds. The molecule has 0 aliphatic carbocycles. The normalized spacial score (nSPS) is 11.0. The van der Waals surface area contributed by atoms with Crippen LogP contribution in [-0.4, -0.2) is 48.6 Å². The minimum Gasteiger partial charge on any atom is -0.507 e. The van der Waals surface area contributed by atoms with Crippen molar-refractivity contribution in [1.82, 2.24) is 4.90 Å². The predicted molar refractivity (Wildman–Crippen MR) is 80.4 cm³/mol. The maximum absolute atomic E-state index is 11.3. The van der Waals surface area contributed by atoms with E-state index in [-0.39, 0.29) is 11.5 Å². The quantitative estimate of drug-likeness (QED) is 0.557. The molecule has 0 saturated carbocycles. The van der Waals surface area contributed by atoms with Crippen molar-refractivity contribution in [2.75, 3.05) is 32.8 Å². The van der Waals surface area contributed by atoms with E-state index in [1.165, 1.54) is 6.92 Å². The van der Waals surface area contributed by atoms with Crippen LogP contribution in [0.15, 0.2) is 18.2 Å². The van der Waals surface area contributed by atoms with Crippen molar-refractivity contribution in [2.24, 2.45) is 0 Å². The summed E-state index contributed by atoms with van der Waals surface area (Å²) in [5, 5.41) is 9.57. The van der Waals surface area contributed by atoms with Gasteiger partial charge in [0, 0.05) is 6.54 Å². The second kappa shape index (κ2) is 8.72. The van der Waals surface area contributed by atoms with Gasteiger partial charge in [0.15, 0.2) is 5.78 Å². The van der Waals surface area contributed by atoms with Gasteiger partial charge >= 0.3 is 0 Å². The summed E-state index contributed by atoms with van der Waals surface area (Å²) >= 11 is 0. The number of aromatic hydroxyl groups is 1. The average Bonchev–Trinajstić information content (AvgIpc) is 2.44. The number of likely N-dealkylation sites (N-methyl/N-ethyl adjacent to an activating group) is 1. The van der Waals surface area contributed by atoms with Crippen molar-refractivity contribution < 1.29 is 14.6 Å². The Morgan fingerprint density at radius 2 is 1.95 bits per heavy atom. The molecule has 0 heterocycles. The second-order valence-electron chi connectivity index (χ2n) is 4.80. The maximum Gasteiger partial charge on any atom is 0.163 e. The van der Waals surface area contributed by atoms with E-state index in [1.54, 1.807) is 12.1 Å². The lowest BCUT2D eigenvalue weighted by atomic mass is 10.1. The number of ether oxygens (including phenoxy) is 1. The van der Waals surface area contributed by atoms with E-state index < -0.39 is 0 Å². The number of benzene rings is 1. The van der Waals surface area contributed by atoms with Gasteiger partial charge in [-0.05, 0) is 44.1 Å². The molecular formula is C16H25NO3. The van der Waals surface area contributed by atoms with Crippen molar-refractivity contribution in [3.05, 3.63) is 29.3 Å². The molecule has 1 rings (SSSR count). The minimum atomic E-state index is -0.119. The number of phenols is 1. The lowest BCUT2D eigenvalue weighted by Gasteiger charge is -2.17. The summed E-state index contributed by atoms with van der Waals surface area (Å²) in [6, 6.07) is 5.14. The average molecular weight is 279 g/mol. The van der Waals surface area contributed by atoms with Gasteiger partial charge < -0.3 is 14.7 Å². The van der Waals surface area contributed by atoms with Gasteiger partial charge in [0.05, 0.1) is 18.8 Å². The van der Waals surface area contributed by atoms with Crippen LogP contribution in [0.2, 0.25) is 0 Å². The number of hydrogen-bond donors (Lipinski definition) is 1. The van der Waals surface area contributed by atoms with Crippen molar-refractivity contribution >= 4 is 5.78 Å². The van der Waals surface area contributed by atoms with E-state index in [0.717, 1.165) is 38.2 Å². The fourth-order valence-electron chi connectivity index (χ4n) is 2.05. The van der Waals surface area contributed by atoms with Gasteiger partial charge in [0.1, 0.15) is 5.75 Å². The van der Waals surface area contributed by atoms with Crippen LogP contribution >= 0.6 is 0 Å². The highest BCUT2D eigenvalue weighted by Crippen LogP contribution is 2.19. The Kier molecular flexibility index (Phi) is 7.26. The maximum atomic E-state index is 11.3. The third-order valence-electron chi connectivity index (χ3n) is 3.42. The molecule has 1 aromatic carbocycles. The summed E-state index contributed by atoms with van der Waals surface area (Å²) in [5.41, 5.74) is 1.39. The molecule has 1 N–H and O–H groups in total. The second-order valence-corrected chi connectivity index (χ2v) is 4.80. The Balaban J connectivity index is 2.35. The molecule has 0 aromatic heterocycles. The molecule has 0 radical (unpaired) electrons. The molecule has 112 valence electrons. The predicted octanol–water partition coefficient (Wildman–Crippen LogP) is 2.50. The first-order valence-electron chi connectivity index (χ1n) is 7.21. The zero-order valence-corrected chi connectivity index (χ0v) is 12.7. The summed E-state index contributed by atoms with van der Waals surface area (Å²) in [4.78, 5) is 13.7. The summed E-state index contributed by atoms with van der Waals surface area (Å²) in [5.74, 6) is -0.0736. The van der Waals surface area contributed by atoms with Crippen molar-refractivity contribution in [3.63, 3.8) is 0 Å². The van der Waals surface area contributed by atoms with Crippen LogP contribution in [0.25, 0.3) is 0 Å². The fourth-order valence-corrected chi connectivity index (χ4v) is 2.05. The van der Waals surface area contributed by atoms with Crippen molar-refractivity contribution in [2.45, 2.75) is 27.2 Å². The molecule has 0 atom stereocenters. The van der Waals surface area contributed by atoms with E-state index in [9.17, 15) is 9.90 Å². The van der Waals surface area contributed by atoms with Gasteiger partial charge in [-0.25, -0.2) is 0 Å². The largest absolute Gasteiger partial charge is 0.507 e. The molecule has 0 aliphatic heterocycles. The zero-order valence-electron chi connectivity index (χ0n) is 12.7. The van der Waals surface area contributed by atoms with Gasteiger partial charge in [-0.2, -0.15) is 0 Å². The van der Waals surface area contributed by atoms with Gasteiger partial charge in [0.2, 0.25) is 0 Å². The number of hydrogen-bond acceptors (Lipinski definition) is 4. The Morgan fingerprint density at radius 3 is 2.55 bits per heavy atom. The highest BCUT2D eigenvalue weighted by Gasteiger charge is 2.07. The summed E-state index contributed by atoms with van der Waals surface area (Å²) < 4.78 is 5.61. The topological polar surface area (TPSA) is 49.8 Å². The SMILES string of the molecule is CCN(CC)CCOCCc1ccc(O)c(C(C)=O)c1. The van der Waals surface area contributed by atoms with Gasteiger partial charge in [-0.15, -0.1) is 0 Å². The highest BCUT2D eigenvalue weighted by molar-refractivity contribution is 5.96. The smallest absolute Gasteiger partial charge is 0.163 e. The molecule has 0 fully saturated rings. The van der Waals surface area contributed by atoms with E-state index in [4.69, 9.17) is 4.74 Å². The zero-order chi connectivity index (χ0) is 15.0. The van der Waals surface area contributed by atoms with E-state index in [2.05, 4.69) is 18.7 Å². The first-order valence-corrected chi connectivity index (χ1v) is 7.21. The number of carbonyl (C=O) groups excluding carboxylic acids is 1. The summed E-state index contributed by atoms with van der Waals surface area (Å²) in [6.07, 6.45) is 0.749. The molecule has 0 bridgehead atoms. The van der Waals surface area contributed by atoms with Crippen LogP contribution in [0, 0.1) is 0 Å².